The molecule has 0 saturated carbocycles. The number of Topliss-reactive ketones (excluding diaryl/α,β-unsaturated/α-hetero) is 1. The molecule has 0 aliphatic heterocycles. The predicted molar refractivity (Wildman–Crippen MR) is 63.7 cm³/mol. The Morgan fingerprint density at radius 2 is 1.81 bits per heavy atom. The minimum atomic E-state index is -0.688. The summed E-state index contributed by atoms with van der Waals surface area (Å²) in [6.45, 7) is 3.40. The van der Waals surface area contributed by atoms with Gasteiger partial charge in [0, 0.05) is 0 Å². The highest BCUT2D eigenvalue weighted by Gasteiger charge is 2.09. The van der Waals surface area contributed by atoms with Crippen LogP contribution in [0.4, 0.5) is 0 Å². The van der Waals surface area contributed by atoms with E-state index in [9.17, 15) is 9.59 Å². The van der Waals surface area contributed by atoms with E-state index < -0.39 is 5.91 Å². The van der Waals surface area contributed by atoms with Crippen molar-refractivity contribution in [1.29, 1.82) is 0 Å². The van der Waals surface area contributed by atoms with Crippen molar-refractivity contribution in [2.45, 2.75) is 20.3 Å². The Kier molecular flexibility index (Phi) is 4.00. The zero-order valence-electron chi connectivity index (χ0n) is 9.49. The van der Waals surface area contributed by atoms with Gasteiger partial charge in [0.25, 0.3) is 5.91 Å². The highest BCUT2D eigenvalue weighted by atomic mass is 16.2. The number of benzene rings is 1. The summed E-state index contributed by atoms with van der Waals surface area (Å²) in [4.78, 5) is 22.1. The average molecular weight is 217 g/mol. The van der Waals surface area contributed by atoms with Gasteiger partial charge in [-0.1, -0.05) is 31.2 Å². The molecule has 0 aromatic heterocycles. The Labute approximate surface area is 95.0 Å². The number of rotatable bonds is 4. The van der Waals surface area contributed by atoms with Crippen molar-refractivity contribution in [1.82, 2.24) is 0 Å². The standard InChI is InChI=1S/C13H15NO2/c1-3-10-4-6-11(7-5-10)8-12(9(2)15)13(14)16/h4-8H,3H2,1-2H3,(H2,14,16)/b12-8-. The largest absolute Gasteiger partial charge is 0.365 e. The number of ketones is 1. The predicted octanol–water partition coefficient (Wildman–Crippen LogP) is 1.71. The first-order chi connectivity index (χ1) is 7.54. The van der Waals surface area contributed by atoms with E-state index in [4.69, 9.17) is 5.73 Å². The van der Waals surface area contributed by atoms with Crippen molar-refractivity contribution in [3.8, 4) is 0 Å². The van der Waals surface area contributed by atoms with E-state index in [1.165, 1.54) is 18.6 Å². The monoisotopic (exact) mass is 217 g/mol. The van der Waals surface area contributed by atoms with Gasteiger partial charge in [-0.3, -0.25) is 9.59 Å². The number of primary amides is 1. The van der Waals surface area contributed by atoms with Gasteiger partial charge in [-0.25, -0.2) is 0 Å². The zero-order valence-corrected chi connectivity index (χ0v) is 9.49. The van der Waals surface area contributed by atoms with Gasteiger partial charge in [0.2, 0.25) is 0 Å². The molecule has 0 unspecified atom stereocenters. The molecule has 0 fully saturated rings. The molecule has 1 aromatic carbocycles. The number of aryl methyl sites for hydroxylation is 1. The Morgan fingerprint density at radius 1 is 1.25 bits per heavy atom. The molecule has 0 saturated heterocycles. The maximum Gasteiger partial charge on any atom is 0.252 e. The van der Waals surface area contributed by atoms with Gasteiger partial charge in [-0.2, -0.15) is 0 Å². The van der Waals surface area contributed by atoms with Crippen molar-refractivity contribution in [3.05, 3.63) is 41.0 Å². The lowest BCUT2D eigenvalue weighted by Gasteiger charge is -2.00. The number of hydrogen-bond acceptors (Lipinski definition) is 2. The summed E-state index contributed by atoms with van der Waals surface area (Å²) < 4.78 is 0. The number of hydrogen-bond donors (Lipinski definition) is 1. The minimum absolute atomic E-state index is 0.0317. The molecule has 0 radical (unpaired) electrons. The highest BCUT2D eigenvalue weighted by Crippen LogP contribution is 2.10. The Hall–Kier alpha value is -1.90. The van der Waals surface area contributed by atoms with E-state index in [-0.39, 0.29) is 11.4 Å². The van der Waals surface area contributed by atoms with Crippen molar-refractivity contribution in [2.75, 3.05) is 0 Å². The van der Waals surface area contributed by atoms with Gasteiger partial charge in [-0.05, 0) is 30.5 Å². The third-order valence-electron chi connectivity index (χ3n) is 2.34. The van der Waals surface area contributed by atoms with Gasteiger partial charge >= 0.3 is 0 Å². The van der Waals surface area contributed by atoms with Crippen LogP contribution in [0.25, 0.3) is 6.08 Å². The van der Waals surface area contributed by atoms with E-state index in [2.05, 4.69) is 6.92 Å². The molecule has 84 valence electrons. The van der Waals surface area contributed by atoms with Crippen molar-refractivity contribution < 1.29 is 9.59 Å². The van der Waals surface area contributed by atoms with Crippen molar-refractivity contribution in [2.24, 2.45) is 5.73 Å². The van der Waals surface area contributed by atoms with E-state index in [1.807, 2.05) is 24.3 Å². The van der Waals surface area contributed by atoms with Crippen LogP contribution in [0, 0.1) is 0 Å². The molecule has 0 aliphatic carbocycles. The Morgan fingerprint density at radius 3 is 2.19 bits per heavy atom. The SMILES string of the molecule is CCc1ccc(/C=C(/C(C)=O)C(N)=O)cc1. The second kappa shape index (κ2) is 5.26. The molecule has 2 N–H and O–H groups in total. The lowest BCUT2D eigenvalue weighted by molar-refractivity contribution is -0.119. The summed E-state index contributed by atoms with van der Waals surface area (Å²) >= 11 is 0. The molecule has 3 nitrogen and oxygen atoms in total. The van der Waals surface area contributed by atoms with Crippen molar-refractivity contribution >= 4 is 17.8 Å². The molecule has 0 atom stereocenters. The van der Waals surface area contributed by atoms with Crippen LogP contribution in [-0.2, 0) is 16.0 Å². The van der Waals surface area contributed by atoms with E-state index in [0.717, 1.165) is 12.0 Å². The zero-order chi connectivity index (χ0) is 12.1. The fourth-order valence-electron chi connectivity index (χ4n) is 1.36. The normalized spacial score (nSPS) is 11.2. The summed E-state index contributed by atoms with van der Waals surface area (Å²) in [6.07, 6.45) is 2.48. The summed E-state index contributed by atoms with van der Waals surface area (Å²) in [5.41, 5.74) is 7.16. The van der Waals surface area contributed by atoms with Crippen molar-refractivity contribution in [3.63, 3.8) is 0 Å². The summed E-state index contributed by atoms with van der Waals surface area (Å²) in [6, 6.07) is 7.66. The summed E-state index contributed by atoms with van der Waals surface area (Å²) in [7, 11) is 0. The molecular weight excluding hydrogens is 202 g/mol. The molecular formula is C13H15NO2. The lowest BCUT2D eigenvalue weighted by Crippen LogP contribution is -2.18. The number of carbonyl (C=O) groups excluding carboxylic acids is 2. The van der Waals surface area contributed by atoms with E-state index >= 15 is 0 Å². The molecule has 0 aliphatic rings. The number of amides is 1. The molecule has 16 heavy (non-hydrogen) atoms. The first kappa shape index (κ1) is 12.2. The fraction of sp³-hybridized carbons (Fsp3) is 0.231. The molecule has 1 aromatic rings. The van der Waals surface area contributed by atoms with Crippen LogP contribution < -0.4 is 5.73 Å². The highest BCUT2D eigenvalue weighted by molar-refractivity contribution is 6.21. The lowest BCUT2D eigenvalue weighted by atomic mass is 10.1. The Balaban J connectivity index is 3.04. The average Bonchev–Trinajstić information content (AvgIpc) is 2.25. The van der Waals surface area contributed by atoms with Gasteiger partial charge in [0.1, 0.15) is 0 Å². The number of carbonyl (C=O) groups is 2. The quantitative estimate of drug-likeness (QED) is 0.474. The maximum absolute atomic E-state index is 11.1. The van der Waals surface area contributed by atoms with Crippen LogP contribution in [0.3, 0.4) is 0 Å². The van der Waals surface area contributed by atoms with Crippen LogP contribution >= 0.6 is 0 Å². The molecule has 0 heterocycles. The van der Waals surface area contributed by atoms with Crippen LogP contribution in [0.2, 0.25) is 0 Å². The van der Waals surface area contributed by atoms with Gasteiger partial charge in [0.05, 0.1) is 5.57 Å². The van der Waals surface area contributed by atoms with E-state index in [1.54, 1.807) is 0 Å². The topological polar surface area (TPSA) is 60.2 Å². The third kappa shape index (κ3) is 3.05. The van der Waals surface area contributed by atoms with Crippen LogP contribution in [-0.4, -0.2) is 11.7 Å². The van der Waals surface area contributed by atoms with Gasteiger partial charge in [-0.15, -0.1) is 0 Å². The fourth-order valence-corrected chi connectivity index (χ4v) is 1.36. The number of nitrogens with two attached hydrogens (primary N) is 1. The smallest absolute Gasteiger partial charge is 0.252 e. The Bertz CT molecular complexity index is 414. The first-order valence-corrected chi connectivity index (χ1v) is 5.16. The van der Waals surface area contributed by atoms with Crippen LogP contribution in [0.5, 0.6) is 0 Å². The van der Waals surface area contributed by atoms with Gasteiger partial charge < -0.3 is 5.73 Å². The van der Waals surface area contributed by atoms with Gasteiger partial charge in [0.15, 0.2) is 5.78 Å². The van der Waals surface area contributed by atoms with E-state index in [0.29, 0.717) is 0 Å². The molecule has 1 amide bonds. The summed E-state index contributed by atoms with van der Waals surface area (Å²) in [5, 5.41) is 0. The molecule has 0 bridgehead atoms. The summed E-state index contributed by atoms with van der Waals surface area (Å²) in [5.74, 6) is -1.00. The minimum Gasteiger partial charge on any atom is -0.365 e. The molecule has 3 heteroatoms. The molecule has 1 rings (SSSR count). The second-order valence-corrected chi connectivity index (χ2v) is 3.57. The second-order valence-electron chi connectivity index (χ2n) is 3.57. The molecule has 0 spiro atoms. The van der Waals surface area contributed by atoms with Crippen LogP contribution in [0.15, 0.2) is 29.8 Å². The maximum atomic E-state index is 11.1. The van der Waals surface area contributed by atoms with Crippen LogP contribution in [0.1, 0.15) is 25.0 Å². The first-order valence-electron chi connectivity index (χ1n) is 5.16. The third-order valence-corrected chi connectivity index (χ3v) is 2.34.